The summed E-state index contributed by atoms with van der Waals surface area (Å²) in [6.45, 7) is 2.54. The van der Waals surface area contributed by atoms with E-state index < -0.39 is 11.6 Å². The van der Waals surface area contributed by atoms with E-state index >= 15 is 0 Å². The first-order valence-corrected chi connectivity index (χ1v) is 16.8. The van der Waals surface area contributed by atoms with Gasteiger partial charge in [-0.2, -0.15) is 0 Å². The molecule has 3 aromatic carbocycles. The van der Waals surface area contributed by atoms with Gasteiger partial charge in [0.25, 0.3) is 11.8 Å². The molecule has 8 nitrogen and oxygen atoms in total. The highest BCUT2D eigenvalue weighted by molar-refractivity contribution is 6.00. The molecule has 0 N–H and O–H groups in total. The minimum Gasteiger partial charge on any atom is -0.497 e. The molecule has 3 aliphatic rings. The van der Waals surface area contributed by atoms with Gasteiger partial charge in [-0.3, -0.25) is 9.59 Å². The van der Waals surface area contributed by atoms with Gasteiger partial charge < -0.3 is 24.0 Å². The fraction of sp³-hybridized carbons (Fsp3) is 0.359. The Kier molecular flexibility index (Phi) is 9.07. The van der Waals surface area contributed by atoms with Gasteiger partial charge >= 0.3 is 0 Å². The quantitative estimate of drug-likeness (QED) is 0.202. The third kappa shape index (κ3) is 6.49. The zero-order valence-electron chi connectivity index (χ0n) is 27.8. The molecular weight excluding hydrogens is 628 g/mol. The van der Waals surface area contributed by atoms with Gasteiger partial charge in [0, 0.05) is 36.9 Å². The van der Waals surface area contributed by atoms with Crippen LogP contribution in [0.15, 0.2) is 66.7 Å². The molecule has 10 heteroatoms. The minimum absolute atomic E-state index is 0.0147. The van der Waals surface area contributed by atoms with E-state index in [1.165, 1.54) is 24.6 Å². The number of hydrogen-bond donors (Lipinski definition) is 0. The van der Waals surface area contributed by atoms with E-state index in [4.69, 9.17) is 14.2 Å². The molecule has 0 unspecified atom stereocenters. The first-order valence-electron chi connectivity index (χ1n) is 16.8. The average Bonchev–Trinajstić information content (AvgIpc) is 3.43. The number of amides is 2. The highest BCUT2D eigenvalue weighted by Gasteiger charge is 2.38. The monoisotopic (exact) mass is 667 g/mol. The van der Waals surface area contributed by atoms with Crippen LogP contribution in [-0.4, -0.2) is 66.1 Å². The summed E-state index contributed by atoms with van der Waals surface area (Å²) in [5.74, 6) is -0.505. The van der Waals surface area contributed by atoms with Crippen molar-refractivity contribution >= 4 is 11.8 Å². The van der Waals surface area contributed by atoms with E-state index in [1.807, 2.05) is 35.2 Å². The predicted molar refractivity (Wildman–Crippen MR) is 180 cm³/mol. The summed E-state index contributed by atoms with van der Waals surface area (Å²) in [6.07, 6.45) is 5.34. The number of aromatic nitrogens is 1. The van der Waals surface area contributed by atoms with Crippen molar-refractivity contribution in [3.8, 4) is 22.8 Å². The molecule has 4 heterocycles. The summed E-state index contributed by atoms with van der Waals surface area (Å²) >= 11 is 0. The number of methoxy groups -OCH3 is 2. The normalized spacial score (nSPS) is 16.9. The molecule has 0 radical (unpaired) electrons. The molecular formula is C39H39F2N3O5. The van der Waals surface area contributed by atoms with Gasteiger partial charge in [0.1, 0.15) is 23.1 Å². The van der Waals surface area contributed by atoms with Crippen LogP contribution in [0, 0.1) is 11.6 Å². The van der Waals surface area contributed by atoms with Crippen LogP contribution in [-0.2, 0) is 24.2 Å². The predicted octanol–water partition coefficient (Wildman–Crippen LogP) is 6.97. The maximum absolute atomic E-state index is 15.0. The Morgan fingerprint density at radius 3 is 2.33 bits per heavy atom. The number of carbonyl (C=O) groups is 2. The number of nitrogens with zero attached hydrogens (tertiary/aromatic N) is 3. The van der Waals surface area contributed by atoms with Crippen molar-refractivity contribution in [2.75, 3.05) is 33.9 Å². The number of halogens is 2. The highest BCUT2D eigenvalue weighted by atomic mass is 19.1. The molecule has 1 aromatic heterocycles. The van der Waals surface area contributed by atoms with Gasteiger partial charge in [-0.05, 0) is 92.1 Å². The molecule has 0 aliphatic carbocycles. The smallest absolute Gasteiger partial charge is 0.256 e. The van der Waals surface area contributed by atoms with Gasteiger partial charge in [-0.15, -0.1) is 0 Å². The molecule has 2 saturated heterocycles. The van der Waals surface area contributed by atoms with Crippen LogP contribution in [0.1, 0.15) is 75.2 Å². The molecule has 2 fully saturated rings. The van der Waals surface area contributed by atoms with Crippen molar-refractivity contribution in [3.63, 3.8) is 0 Å². The van der Waals surface area contributed by atoms with Crippen molar-refractivity contribution in [2.45, 2.75) is 57.2 Å². The number of hydrogen-bond acceptors (Lipinski definition) is 6. The van der Waals surface area contributed by atoms with E-state index in [0.29, 0.717) is 53.4 Å². The Balaban J connectivity index is 1.15. The molecule has 254 valence electrons. The summed E-state index contributed by atoms with van der Waals surface area (Å²) in [5, 5.41) is 0. The Bertz CT molecular complexity index is 1860. The van der Waals surface area contributed by atoms with Crippen molar-refractivity contribution < 1.29 is 32.6 Å². The highest BCUT2D eigenvalue weighted by Crippen LogP contribution is 2.37. The van der Waals surface area contributed by atoms with E-state index in [9.17, 15) is 18.4 Å². The van der Waals surface area contributed by atoms with Crippen LogP contribution in [0.2, 0.25) is 0 Å². The third-order valence-corrected chi connectivity index (χ3v) is 10.1. The van der Waals surface area contributed by atoms with Crippen LogP contribution in [0.4, 0.5) is 8.78 Å². The number of benzene rings is 3. The number of piperidine rings is 1. The first kappa shape index (κ1) is 32.7. The lowest BCUT2D eigenvalue weighted by Gasteiger charge is -2.44. The summed E-state index contributed by atoms with van der Waals surface area (Å²) in [4.78, 5) is 35.5. The van der Waals surface area contributed by atoms with E-state index in [0.717, 1.165) is 43.4 Å². The fourth-order valence-corrected chi connectivity index (χ4v) is 7.36. The summed E-state index contributed by atoms with van der Waals surface area (Å²) in [5.41, 5.74) is 3.49. The number of fused-ring (bicyclic) bond motifs is 1. The van der Waals surface area contributed by atoms with Crippen molar-refractivity contribution in [1.82, 2.24) is 14.8 Å². The van der Waals surface area contributed by atoms with Crippen molar-refractivity contribution in [2.24, 2.45) is 0 Å². The second-order valence-electron chi connectivity index (χ2n) is 13.1. The Morgan fingerprint density at radius 1 is 0.898 bits per heavy atom. The van der Waals surface area contributed by atoms with Gasteiger partial charge in [0.15, 0.2) is 0 Å². The van der Waals surface area contributed by atoms with Gasteiger partial charge in [-0.1, -0.05) is 18.2 Å². The molecule has 0 bridgehead atoms. The lowest BCUT2D eigenvalue weighted by Crippen LogP contribution is -2.49. The second kappa shape index (κ2) is 13.6. The second-order valence-corrected chi connectivity index (χ2v) is 13.1. The first-order chi connectivity index (χ1) is 23.8. The van der Waals surface area contributed by atoms with Crippen LogP contribution in [0.5, 0.6) is 11.5 Å². The van der Waals surface area contributed by atoms with E-state index in [1.54, 1.807) is 37.3 Å². The van der Waals surface area contributed by atoms with Crippen LogP contribution in [0.25, 0.3) is 11.3 Å². The lowest BCUT2D eigenvalue weighted by molar-refractivity contribution is -0.107. The van der Waals surface area contributed by atoms with Crippen LogP contribution < -0.4 is 9.47 Å². The largest absolute Gasteiger partial charge is 0.497 e. The number of ether oxygens (including phenoxy) is 3. The van der Waals surface area contributed by atoms with Crippen molar-refractivity contribution in [1.29, 1.82) is 0 Å². The Labute approximate surface area is 284 Å². The molecule has 0 saturated carbocycles. The van der Waals surface area contributed by atoms with Crippen molar-refractivity contribution in [3.05, 3.63) is 112 Å². The Hall–Kier alpha value is -4.83. The van der Waals surface area contributed by atoms with Gasteiger partial charge in [0.05, 0.1) is 55.4 Å². The summed E-state index contributed by atoms with van der Waals surface area (Å²) < 4.78 is 47.0. The zero-order valence-corrected chi connectivity index (χ0v) is 27.8. The molecule has 1 spiro atoms. The standard InChI is InChI=1S/C39H39F2N3O5/c1-47-29-13-12-27(34(22-29)48-2)23-44-24-33-35(38(44)46)28(21-32(42-33)36-30(40)6-5-7-31(36)41)20-25-8-10-26(11-9-25)37(45)43-17-15-39(16-18-43)14-3-4-19-49-39/h5-13,21-22H,3-4,14-20,23-24H2,1-2H3. The number of pyridine rings is 1. The number of likely N-dealkylation sites (tertiary alicyclic amines) is 1. The minimum atomic E-state index is -0.732. The van der Waals surface area contributed by atoms with E-state index in [-0.39, 0.29) is 41.8 Å². The third-order valence-electron chi connectivity index (χ3n) is 10.1. The maximum atomic E-state index is 15.0. The SMILES string of the molecule is COc1ccc(CN2Cc3nc(-c4c(F)cccc4F)cc(Cc4ccc(C(=O)N5CCC6(CCCCO6)CC5)cc4)c3C2=O)c(OC)c1. The molecule has 2 amide bonds. The summed E-state index contributed by atoms with van der Waals surface area (Å²) in [6, 6.07) is 18.1. The van der Waals surface area contributed by atoms with Gasteiger partial charge in [-0.25, -0.2) is 13.8 Å². The topological polar surface area (TPSA) is 81.2 Å². The lowest BCUT2D eigenvalue weighted by atomic mass is 9.84. The van der Waals surface area contributed by atoms with Crippen LogP contribution >= 0.6 is 0 Å². The Morgan fingerprint density at radius 2 is 1.65 bits per heavy atom. The summed E-state index contributed by atoms with van der Waals surface area (Å²) in [7, 11) is 3.13. The zero-order chi connectivity index (χ0) is 34.1. The molecule has 4 aromatic rings. The average molecular weight is 668 g/mol. The van der Waals surface area contributed by atoms with Gasteiger partial charge in [0.2, 0.25) is 0 Å². The molecule has 0 atom stereocenters. The van der Waals surface area contributed by atoms with E-state index in [2.05, 4.69) is 4.98 Å². The van der Waals surface area contributed by atoms with Crippen LogP contribution in [0.3, 0.4) is 0 Å². The fourth-order valence-electron chi connectivity index (χ4n) is 7.36. The maximum Gasteiger partial charge on any atom is 0.256 e. The number of carbonyl (C=O) groups excluding carboxylic acids is 2. The molecule has 3 aliphatic heterocycles. The molecule has 49 heavy (non-hydrogen) atoms. The molecule has 7 rings (SSSR count). The number of rotatable bonds is 8.